The van der Waals surface area contributed by atoms with Gasteiger partial charge < -0.3 is 9.80 Å². The maximum atomic E-state index is 2.59. The summed E-state index contributed by atoms with van der Waals surface area (Å²) in [6.07, 6.45) is 2.05. The van der Waals surface area contributed by atoms with Gasteiger partial charge in [-0.25, -0.2) is 0 Å². The van der Waals surface area contributed by atoms with Crippen molar-refractivity contribution in [2.75, 3.05) is 16.5 Å². The largest absolute Gasteiger partial charge is 0.320 e. The summed E-state index contributed by atoms with van der Waals surface area (Å²) in [4.78, 5) is 5.17. The minimum atomic E-state index is 0.838. The summed E-state index contributed by atoms with van der Waals surface area (Å²) in [7, 11) is 0. The predicted octanol–water partition coefficient (Wildman–Crippen LogP) is 7.70. The molecule has 0 saturated carbocycles. The Balaban J connectivity index is 1.67. The second kappa shape index (κ2) is 7.52. The minimum Gasteiger partial charge on any atom is -0.320 e. The summed E-state index contributed by atoms with van der Waals surface area (Å²) in [5.41, 5.74) is 13.7. The summed E-state index contributed by atoms with van der Waals surface area (Å²) in [5.74, 6) is 0. The van der Waals surface area contributed by atoms with E-state index in [1.807, 2.05) is 0 Å². The second-order valence-electron chi connectivity index (χ2n) is 9.28. The normalized spacial score (nSPS) is 14.5. The molecule has 0 amide bonds. The molecule has 2 aliphatic rings. The molecular formula is C31H30N2. The average Bonchev–Trinajstić information content (AvgIpc) is 3.37. The number of aryl methyl sites for hydroxylation is 4. The van der Waals surface area contributed by atoms with Crippen molar-refractivity contribution < 1.29 is 0 Å². The molecule has 0 bridgehead atoms. The first-order valence-electron chi connectivity index (χ1n) is 12.1. The summed E-state index contributed by atoms with van der Waals surface area (Å²) < 4.78 is 0. The predicted molar refractivity (Wildman–Crippen MR) is 142 cm³/mol. The van der Waals surface area contributed by atoms with E-state index in [0.717, 1.165) is 19.5 Å². The Hall–Kier alpha value is -3.52. The lowest BCUT2D eigenvalue weighted by Gasteiger charge is -2.31. The molecule has 33 heavy (non-hydrogen) atoms. The van der Waals surface area contributed by atoms with Gasteiger partial charge in [-0.2, -0.15) is 0 Å². The zero-order valence-electron chi connectivity index (χ0n) is 19.9. The molecular weight excluding hydrogens is 400 g/mol. The molecule has 1 aliphatic heterocycles. The van der Waals surface area contributed by atoms with E-state index in [1.165, 1.54) is 66.9 Å². The summed E-state index contributed by atoms with van der Waals surface area (Å²) in [6.45, 7) is 9.88. The van der Waals surface area contributed by atoms with Crippen LogP contribution in [0.15, 0.2) is 72.8 Å². The van der Waals surface area contributed by atoms with Gasteiger partial charge in [0.05, 0.1) is 11.4 Å². The van der Waals surface area contributed by atoms with Gasteiger partial charge in [0.2, 0.25) is 0 Å². The maximum Gasteiger partial charge on any atom is 0.100 e. The standard InChI is InChI=1S/C31H30N2/c1-5-22-13-7-11-20(3)28(22)32-19-33(29-21(4)12-8-14-23(29)6-2)31-26-18-10-16-24-15-9-17-25(27(24)26)30(31)32/h7-18H,5-6,19H2,1-4H3. The fraction of sp³-hybridized carbons (Fsp3) is 0.226. The van der Waals surface area contributed by atoms with E-state index in [-0.39, 0.29) is 0 Å². The molecule has 0 unspecified atom stereocenters. The molecule has 0 atom stereocenters. The van der Waals surface area contributed by atoms with Gasteiger partial charge in [-0.15, -0.1) is 0 Å². The average molecular weight is 431 g/mol. The molecule has 4 aromatic rings. The van der Waals surface area contributed by atoms with Crippen molar-refractivity contribution in [3.63, 3.8) is 0 Å². The molecule has 0 N–H and O–H groups in total. The second-order valence-corrected chi connectivity index (χ2v) is 9.28. The van der Waals surface area contributed by atoms with Gasteiger partial charge in [0, 0.05) is 27.9 Å². The third-order valence-corrected chi connectivity index (χ3v) is 7.41. The van der Waals surface area contributed by atoms with Crippen LogP contribution in [0.25, 0.3) is 22.2 Å². The third kappa shape index (κ3) is 2.80. The Kier molecular flexibility index (Phi) is 4.58. The zero-order valence-corrected chi connectivity index (χ0v) is 19.9. The highest BCUT2D eigenvalue weighted by Gasteiger charge is 2.40. The number of benzene rings is 4. The topological polar surface area (TPSA) is 6.48 Å². The van der Waals surface area contributed by atoms with E-state index in [0.29, 0.717) is 0 Å². The lowest BCUT2D eigenvalue weighted by molar-refractivity contribution is 0.947. The number of nitrogens with zero attached hydrogens (tertiary/aromatic N) is 2. The van der Waals surface area contributed by atoms with Crippen LogP contribution in [0.3, 0.4) is 0 Å². The van der Waals surface area contributed by atoms with Crippen LogP contribution in [0.2, 0.25) is 0 Å². The molecule has 0 saturated heterocycles. The monoisotopic (exact) mass is 430 g/mol. The van der Waals surface area contributed by atoms with Crippen molar-refractivity contribution in [3.8, 4) is 0 Å². The fourth-order valence-corrected chi connectivity index (χ4v) is 5.97. The Morgan fingerprint density at radius 2 is 1.06 bits per heavy atom. The van der Waals surface area contributed by atoms with Crippen LogP contribution in [0.5, 0.6) is 0 Å². The van der Waals surface area contributed by atoms with E-state index >= 15 is 0 Å². The first-order chi connectivity index (χ1) is 16.1. The van der Waals surface area contributed by atoms with Crippen LogP contribution in [-0.4, -0.2) is 6.67 Å². The Bertz CT molecular complexity index is 1340. The van der Waals surface area contributed by atoms with E-state index in [4.69, 9.17) is 0 Å². The zero-order chi connectivity index (χ0) is 22.7. The van der Waals surface area contributed by atoms with Crippen LogP contribution in [-0.2, 0) is 12.8 Å². The lowest BCUT2D eigenvalue weighted by Crippen LogP contribution is -2.30. The van der Waals surface area contributed by atoms with Crippen molar-refractivity contribution in [3.05, 3.63) is 106 Å². The molecule has 1 aliphatic carbocycles. The van der Waals surface area contributed by atoms with Crippen molar-refractivity contribution in [1.29, 1.82) is 0 Å². The molecule has 4 aromatic carbocycles. The van der Waals surface area contributed by atoms with Gasteiger partial charge in [-0.05, 0) is 54.3 Å². The van der Waals surface area contributed by atoms with Crippen molar-refractivity contribution >= 4 is 33.5 Å². The van der Waals surface area contributed by atoms with Crippen molar-refractivity contribution in [2.24, 2.45) is 0 Å². The summed E-state index contributed by atoms with van der Waals surface area (Å²) >= 11 is 0. The smallest absolute Gasteiger partial charge is 0.100 e. The number of hydrogen-bond acceptors (Lipinski definition) is 2. The molecule has 0 aromatic heterocycles. The number of fused-ring (bicyclic) bond motifs is 2. The van der Waals surface area contributed by atoms with Gasteiger partial charge in [-0.3, -0.25) is 0 Å². The highest BCUT2D eigenvalue weighted by molar-refractivity contribution is 6.21. The fourth-order valence-electron chi connectivity index (χ4n) is 5.97. The van der Waals surface area contributed by atoms with Crippen LogP contribution in [0.1, 0.15) is 47.2 Å². The maximum absolute atomic E-state index is 2.59. The Morgan fingerprint density at radius 3 is 1.52 bits per heavy atom. The summed E-state index contributed by atoms with van der Waals surface area (Å²) in [6, 6.07) is 27.0. The van der Waals surface area contributed by atoms with E-state index in [9.17, 15) is 0 Å². The molecule has 164 valence electrons. The molecule has 2 heteroatoms. The molecule has 0 spiro atoms. The highest BCUT2D eigenvalue weighted by Crippen LogP contribution is 2.52. The van der Waals surface area contributed by atoms with Crippen LogP contribution < -0.4 is 9.80 Å². The first-order valence-corrected chi connectivity index (χ1v) is 12.1. The lowest BCUT2D eigenvalue weighted by atomic mass is 10.0. The van der Waals surface area contributed by atoms with E-state index in [1.54, 1.807) is 0 Å². The van der Waals surface area contributed by atoms with Crippen LogP contribution in [0, 0.1) is 13.8 Å². The SMILES string of the molecule is CCc1cccc(C)c1N1CN(c2c(C)cccc2CC)C2=C1c1cccc3cccc2c13. The molecule has 2 nitrogen and oxygen atoms in total. The summed E-state index contributed by atoms with van der Waals surface area (Å²) in [5, 5.41) is 2.71. The van der Waals surface area contributed by atoms with Gasteiger partial charge in [0.1, 0.15) is 6.67 Å². The van der Waals surface area contributed by atoms with E-state index in [2.05, 4.69) is 110 Å². The molecule has 0 radical (unpaired) electrons. The first kappa shape index (κ1) is 20.1. The quantitative estimate of drug-likeness (QED) is 0.327. The van der Waals surface area contributed by atoms with Crippen LogP contribution in [0.4, 0.5) is 11.4 Å². The number of rotatable bonds is 4. The van der Waals surface area contributed by atoms with Gasteiger partial charge in [-0.1, -0.05) is 86.6 Å². The van der Waals surface area contributed by atoms with Gasteiger partial charge in [0.25, 0.3) is 0 Å². The van der Waals surface area contributed by atoms with E-state index < -0.39 is 0 Å². The highest BCUT2D eigenvalue weighted by atomic mass is 15.4. The molecule has 0 fully saturated rings. The Labute approximate surface area is 196 Å². The number of anilines is 2. The van der Waals surface area contributed by atoms with Crippen LogP contribution >= 0.6 is 0 Å². The number of hydrogen-bond donors (Lipinski definition) is 0. The number of para-hydroxylation sites is 2. The van der Waals surface area contributed by atoms with Crippen molar-refractivity contribution in [2.45, 2.75) is 40.5 Å². The third-order valence-electron chi connectivity index (χ3n) is 7.41. The van der Waals surface area contributed by atoms with Gasteiger partial charge >= 0.3 is 0 Å². The Morgan fingerprint density at radius 1 is 0.606 bits per heavy atom. The molecule has 1 heterocycles. The van der Waals surface area contributed by atoms with Crippen molar-refractivity contribution in [1.82, 2.24) is 0 Å². The van der Waals surface area contributed by atoms with Gasteiger partial charge in [0.15, 0.2) is 0 Å². The minimum absolute atomic E-state index is 0.838. The molecule has 6 rings (SSSR count).